The van der Waals surface area contributed by atoms with Crippen molar-refractivity contribution < 1.29 is 46.6 Å². The molecule has 6 atom stereocenters. The first kappa shape index (κ1) is 52.9. The van der Waals surface area contributed by atoms with Gasteiger partial charge in [0.2, 0.25) is 12.2 Å². The highest BCUT2D eigenvalue weighted by molar-refractivity contribution is 7.48. The molecule has 0 aliphatic carbocycles. The summed E-state index contributed by atoms with van der Waals surface area (Å²) in [6.45, 7) is 13.8. The number of allylic oxidation sites excluding steroid dienone is 5. The number of amides is 1. The SMILES string of the molecule is C=CCOP(=O)(OCC=C)O[C@@H]1C(COC)O[C@H](O/C=C\C)C(NC(=O)CCCCCC/C=C/C/C=C\CCCCCC)C1OCCC(CCCCCCC)OC. The first-order valence-electron chi connectivity index (χ1n) is 21.8. The molecule has 0 bridgehead atoms. The summed E-state index contributed by atoms with van der Waals surface area (Å²) in [5.74, 6) is -0.174. The quantitative estimate of drug-likeness (QED) is 0.0279. The van der Waals surface area contributed by atoms with Crippen molar-refractivity contribution in [2.75, 3.05) is 40.6 Å². The Morgan fingerprint density at radius 2 is 1.42 bits per heavy atom. The highest BCUT2D eigenvalue weighted by Crippen LogP contribution is 2.52. The molecule has 0 saturated carbocycles. The molecular weight excluding hydrogens is 745 g/mol. The number of phosphoric acid groups is 1. The number of rotatable bonds is 38. The van der Waals surface area contributed by atoms with Crippen LogP contribution in [0.4, 0.5) is 0 Å². The fourth-order valence-corrected chi connectivity index (χ4v) is 7.86. The van der Waals surface area contributed by atoms with Gasteiger partial charge in [0, 0.05) is 27.2 Å². The molecule has 11 nitrogen and oxygen atoms in total. The van der Waals surface area contributed by atoms with Gasteiger partial charge >= 0.3 is 7.82 Å². The third-order valence-corrected chi connectivity index (χ3v) is 11.1. The lowest BCUT2D eigenvalue weighted by atomic mass is 9.96. The molecule has 330 valence electrons. The zero-order chi connectivity index (χ0) is 41.8. The largest absolute Gasteiger partial charge is 0.475 e. The van der Waals surface area contributed by atoms with Gasteiger partial charge in [-0.3, -0.25) is 18.4 Å². The van der Waals surface area contributed by atoms with Crippen LogP contribution in [0.3, 0.4) is 0 Å². The Kier molecular flexibility index (Phi) is 33.3. The number of unbranched alkanes of at least 4 members (excludes halogenated alkanes) is 12. The van der Waals surface area contributed by atoms with Crippen molar-refractivity contribution in [3.63, 3.8) is 0 Å². The standard InChI is InChI=1S/C45H80NO10P/c1-8-13-15-17-18-19-20-21-22-23-24-25-26-28-30-32-41(47)46-42-44(51-37-33-39(50-7)31-29-27-16-14-9-2)43(40(38-49-6)55-45(42)52-34-10-3)56-57(48,53-35-11-4)54-36-12-5/h10-12,19-20,22-23,34,39-40,42-45H,4-5,8-9,13-18,21,24-33,35-38H2,1-3,6-7H3,(H,46,47)/b20-19-,23-22+,34-10-/t39?,40?,42?,43-,44?,45+/m1/s1. The lowest BCUT2D eigenvalue weighted by Gasteiger charge is -2.46. The summed E-state index contributed by atoms with van der Waals surface area (Å²) in [7, 11) is -0.962. The maximum absolute atomic E-state index is 14.0. The number of carbonyl (C=O) groups excluding carboxylic acids is 1. The average Bonchev–Trinajstić information content (AvgIpc) is 3.21. The van der Waals surface area contributed by atoms with Crippen molar-refractivity contribution in [3.05, 3.63) is 62.0 Å². The Morgan fingerprint density at radius 1 is 0.807 bits per heavy atom. The fourth-order valence-electron chi connectivity index (χ4n) is 6.53. The van der Waals surface area contributed by atoms with E-state index >= 15 is 0 Å². The summed E-state index contributed by atoms with van der Waals surface area (Å²) >= 11 is 0. The van der Waals surface area contributed by atoms with Gasteiger partial charge in [-0.15, -0.1) is 13.2 Å². The van der Waals surface area contributed by atoms with E-state index in [1.54, 1.807) is 13.2 Å². The van der Waals surface area contributed by atoms with Crippen molar-refractivity contribution in [3.8, 4) is 0 Å². The van der Waals surface area contributed by atoms with Crippen LogP contribution in [0, 0.1) is 0 Å². The van der Waals surface area contributed by atoms with Crippen LogP contribution in [-0.4, -0.2) is 83.3 Å². The van der Waals surface area contributed by atoms with Crippen LogP contribution in [-0.2, 0) is 46.6 Å². The Bertz CT molecular complexity index is 1130. The second-order valence-corrected chi connectivity index (χ2v) is 16.2. The normalized spacial score (nSPS) is 20.8. The minimum absolute atomic E-state index is 0.0147. The van der Waals surface area contributed by atoms with Gasteiger partial charge < -0.3 is 29.0 Å². The van der Waals surface area contributed by atoms with Crippen LogP contribution in [0.15, 0.2) is 62.0 Å². The summed E-state index contributed by atoms with van der Waals surface area (Å²) in [6, 6.07) is -0.843. The van der Waals surface area contributed by atoms with Crippen LogP contribution < -0.4 is 5.32 Å². The summed E-state index contributed by atoms with van der Waals surface area (Å²) in [6.07, 6.45) is 31.3. The zero-order valence-electron chi connectivity index (χ0n) is 36.3. The zero-order valence-corrected chi connectivity index (χ0v) is 37.2. The second kappa shape index (κ2) is 35.8. The molecule has 0 radical (unpaired) electrons. The molecule has 1 heterocycles. The number of carbonyl (C=O) groups is 1. The lowest BCUT2D eigenvalue weighted by Crippen LogP contribution is -2.66. The van der Waals surface area contributed by atoms with Crippen LogP contribution >= 0.6 is 7.82 Å². The molecule has 1 rings (SSSR count). The number of methoxy groups -OCH3 is 2. The Labute approximate surface area is 347 Å². The van der Waals surface area contributed by atoms with E-state index in [0.717, 1.165) is 57.8 Å². The maximum Gasteiger partial charge on any atom is 0.475 e. The van der Waals surface area contributed by atoms with Crippen LogP contribution in [0.5, 0.6) is 0 Å². The first-order chi connectivity index (χ1) is 27.8. The second-order valence-electron chi connectivity index (χ2n) is 14.5. The van der Waals surface area contributed by atoms with Gasteiger partial charge in [-0.25, -0.2) is 4.57 Å². The minimum Gasteiger partial charge on any atom is -0.471 e. The number of phosphoric ester groups is 1. The Morgan fingerprint density at radius 3 is 2.02 bits per heavy atom. The molecule has 1 aliphatic rings. The van der Waals surface area contributed by atoms with E-state index in [1.165, 1.54) is 76.9 Å². The molecular formula is C45H80NO10P. The van der Waals surface area contributed by atoms with Crippen molar-refractivity contribution >= 4 is 13.7 Å². The Balaban J connectivity index is 3.08. The molecule has 1 amide bonds. The van der Waals surface area contributed by atoms with Gasteiger partial charge in [-0.05, 0) is 58.3 Å². The third kappa shape index (κ3) is 25.2. The highest BCUT2D eigenvalue weighted by Gasteiger charge is 2.52. The summed E-state index contributed by atoms with van der Waals surface area (Å²) < 4.78 is 61.7. The van der Waals surface area contributed by atoms with E-state index in [4.69, 9.17) is 37.3 Å². The summed E-state index contributed by atoms with van der Waals surface area (Å²) in [5.41, 5.74) is 0. The average molecular weight is 826 g/mol. The third-order valence-electron chi connectivity index (χ3n) is 9.67. The van der Waals surface area contributed by atoms with Crippen LogP contribution in [0.25, 0.3) is 0 Å². The van der Waals surface area contributed by atoms with Gasteiger partial charge in [-0.1, -0.05) is 121 Å². The van der Waals surface area contributed by atoms with Gasteiger partial charge in [0.05, 0.1) is 32.2 Å². The van der Waals surface area contributed by atoms with Gasteiger partial charge in [0.25, 0.3) is 0 Å². The number of hydrogen-bond donors (Lipinski definition) is 1. The molecule has 1 saturated heterocycles. The van der Waals surface area contributed by atoms with E-state index in [1.807, 2.05) is 6.92 Å². The topological polar surface area (TPSA) is 120 Å². The van der Waals surface area contributed by atoms with E-state index < -0.39 is 38.5 Å². The molecule has 4 unspecified atom stereocenters. The number of nitrogens with one attached hydrogen (secondary N) is 1. The molecule has 12 heteroatoms. The van der Waals surface area contributed by atoms with Crippen molar-refractivity contribution in [2.45, 2.75) is 180 Å². The van der Waals surface area contributed by atoms with Crippen LogP contribution in [0.1, 0.15) is 143 Å². The monoisotopic (exact) mass is 826 g/mol. The maximum atomic E-state index is 14.0. The van der Waals surface area contributed by atoms with Gasteiger partial charge in [0.15, 0.2) is 0 Å². The molecule has 0 aromatic carbocycles. The highest BCUT2D eigenvalue weighted by atomic mass is 31.2. The summed E-state index contributed by atoms with van der Waals surface area (Å²) in [4.78, 5) is 13.6. The minimum atomic E-state index is -4.21. The molecule has 0 aromatic heterocycles. The molecule has 1 fully saturated rings. The van der Waals surface area contributed by atoms with Gasteiger partial charge in [0.1, 0.15) is 24.4 Å². The van der Waals surface area contributed by atoms with Crippen molar-refractivity contribution in [1.29, 1.82) is 0 Å². The Hall–Kier alpha value is -2.08. The smallest absolute Gasteiger partial charge is 0.471 e. The first-order valence-corrected chi connectivity index (χ1v) is 23.2. The fraction of sp³-hybridized carbons (Fsp3) is 0.756. The summed E-state index contributed by atoms with van der Waals surface area (Å²) in [5, 5.41) is 3.13. The van der Waals surface area contributed by atoms with E-state index in [0.29, 0.717) is 12.8 Å². The lowest BCUT2D eigenvalue weighted by molar-refractivity contribution is -0.262. The molecule has 1 N–H and O–H groups in total. The van der Waals surface area contributed by atoms with Gasteiger partial charge in [-0.2, -0.15) is 0 Å². The van der Waals surface area contributed by atoms with E-state index in [2.05, 4.69) is 56.6 Å². The number of hydrogen-bond acceptors (Lipinski definition) is 10. The van der Waals surface area contributed by atoms with E-state index in [9.17, 15) is 9.36 Å². The van der Waals surface area contributed by atoms with E-state index in [-0.39, 0.29) is 38.4 Å². The predicted molar refractivity (Wildman–Crippen MR) is 231 cm³/mol. The predicted octanol–water partition coefficient (Wildman–Crippen LogP) is 11.3. The van der Waals surface area contributed by atoms with Crippen LogP contribution in [0.2, 0.25) is 0 Å². The molecule has 57 heavy (non-hydrogen) atoms. The molecule has 1 aliphatic heterocycles. The number of ether oxygens (including phenoxy) is 5. The molecule has 0 spiro atoms. The van der Waals surface area contributed by atoms with Crippen molar-refractivity contribution in [1.82, 2.24) is 5.32 Å². The van der Waals surface area contributed by atoms with Crippen molar-refractivity contribution in [2.24, 2.45) is 0 Å². The molecule has 0 aromatic rings.